The fourth-order valence-electron chi connectivity index (χ4n) is 8.32. The summed E-state index contributed by atoms with van der Waals surface area (Å²) in [5.74, 6) is -0.0511. The van der Waals surface area contributed by atoms with Crippen molar-refractivity contribution in [1.29, 1.82) is 0 Å². The predicted octanol–water partition coefficient (Wildman–Crippen LogP) is 5.18. The Balaban J connectivity index is 0.900. The molecule has 11 heteroatoms. The van der Waals surface area contributed by atoms with E-state index in [1.54, 1.807) is 18.2 Å². The molecule has 4 saturated heterocycles. The maximum atomic E-state index is 12.6. The first-order chi connectivity index (χ1) is 22.1. The van der Waals surface area contributed by atoms with Crippen LogP contribution in [-0.4, -0.2) is 52.5 Å². The maximum absolute atomic E-state index is 12.6. The molecule has 8 rings (SSSR count). The number of rotatable bonds is 9. The van der Waals surface area contributed by atoms with Crippen LogP contribution in [0.1, 0.15) is 70.4 Å². The second kappa shape index (κ2) is 12.0. The van der Waals surface area contributed by atoms with Crippen LogP contribution < -0.4 is 15.8 Å². The van der Waals surface area contributed by atoms with Gasteiger partial charge in [-0.3, -0.25) is 9.36 Å². The van der Waals surface area contributed by atoms with Crippen LogP contribution in [0.3, 0.4) is 0 Å². The van der Waals surface area contributed by atoms with Gasteiger partial charge in [0.2, 0.25) is 5.79 Å². The van der Waals surface area contributed by atoms with Gasteiger partial charge in [-0.1, -0.05) is 26.0 Å². The summed E-state index contributed by atoms with van der Waals surface area (Å²) in [6.45, 7) is 8.91. The van der Waals surface area contributed by atoms with E-state index in [1.165, 1.54) is 10.6 Å². The van der Waals surface area contributed by atoms with Crippen molar-refractivity contribution in [2.24, 2.45) is 23.7 Å². The van der Waals surface area contributed by atoms with Gasteiger partial charge in [0.25, 0.3) is 5.91 Å². The Morgan fingerprint density at radius 1 is 1.11 bits per heavy atom. The Bertz CT molecular complexity index is 1670. The largest absolute Gasteiger partial charge is 0.504 e. The van der Waals surface area contributed by atoms with Crippen molar-refractivity contribution in [3.63, 3.8) is 0 Å². The fraction of sp³-hybridized carbons (Fsp3) is 0.600. The first-order valence-electron chi connectivity index (χ1n) is 16.6. The number of ether oxygens (including phenoxy) is 3. The Kier molecular flexibility index (Phi) is 8.15. The van der Waals surface area contributed by atoms with Crippen LogP contribution in [-0.2, 0) is 30.6 Å². The number of aromatic nitrogens is 1. The molecule has 5 fully saturated rings. The van der Waals surface area contributed by atoms with E-state index in [-0.39, 0.29) is 48.5 Å². The third-order valence-corrected chi connectivity index (χ3v) is 10.8. The summed E-state index contributed by atoms with van der Waals surface area (Å²) in [5.41, 5.74) is 2.34. The summed E-state index contributed by atoms with van der Waals surface area (Å²) < 4.78 is 25.6. The Morgan fingerprint density at radius 2 is 1.96 bits per heavy atom. The lowest BCUT2D eigenvalue weighted by molar-refractivity contribution is -0.571. The Morgan fingerprint density at radius 3 is 2.78 bits per heavy atom. The first-order valence-corrected chi connectivity index (χ1v) is 16.6. The molecule has 2 N–H and O–H groups in total. The van der Waals surface area contributed by atoms with Crippen LogP contribution in [0.4, 0.5) is 0 Å². The lowest BCUT2D eigenvalue weighted by Gasteiger charge is -2.60. The van der Waals surface area contributed by atoms with Gasteiger partial charge in [0.15, 0.2) is 35.6 Å². The standard InChI is InChI=1S/C35H44N2O9/c1-20-7-11-29-26(16-20)37(33(40)43-29)18-23-9-12-30(27(38)17-23)41-19-31(39)36-15-5-6-28-22(3)25-10-8-21(2)24-13-14-34(4)44-32(42-28)35(24,25)46-45-34/h7,9,11-12,16-17,21-22,24-25,28,32,38H,5-6,8,10,13-15,18-19H2,1-4H3,(H,36,39)/t21-,22-,24+,25+,28+,32-,34-,35-/m1/s1. The van der Waals surface area contributed by atoms with Gasteiger partial charge in [-0.25, -0.2) is 14.6 Å². The highest BCUT2D eigenvalue weighted by Crippen LogP contribution is 2.60. The summed E-state index contributed by atoms with van der Waals surface area (Å²) in [6.07, 6.45) is 5.06. The fourth-order valence-corrected chi connectivity index (χ4v) is 8.32. The van der Waals surface area contributed by atoms with E-state index in [1.807, 2.05) is 26.0 Å². The van der Waals surface area contributed by atoms with Crippen molar-refractivity contribution in [3.8, 4) is 11.5 Å². The topological polar surface area (TPSA) is 131 Å². The molecule has 3 aromatic rings. The minimum atomic E-state index is -0.793. The number of nitrogens with one attached hydrogen (secondary N) is 1. The number of amides is 1. The van der Waals surface area contributed by atoms with Crippen molar-refractivity contribution in [2.75, 3.05) is 13.2 Å². The van der Waals surface area contributed by atoms with Gasteiger partial charge in [0.1, 0.15) is 0 Å². The number of aromatic hydroxyl groups is 1. The number of carbonyl (C=O) groups is 1. The van der Waals surface area contributed by atoms with Crippen molar-refractivity contribution in [2.45, 2.75) is 96.5 Å². The van der Waals surface area contributed by atoms with Gasteiger partial charge in [-0.05, 0) is 99.1 Å². The summed E-state index contributed by atoms with van der Waals surface area (Å²) >= 11 is 0. The lowest BCUT2D eigenvalue weighted by Crippen LogP contribution is -2.70. The molecule has 1 amide bonds. The highest BCUT2D eigenvalue weighted by Gasteiger charge is 2.69. The van der Waals surface area contributed by atoms with E-state index < -0.39 is 23.4 Å². The molecule has 5 heterocycles. The zero-order valence-corrected chi connectivity index (χ0v) is 27.0. The van der Waals surface area contributed by atoms with Gasteiger partial charge < -0.3 is 29.1 Å². The smallest absolute Gasteiger partial charge is 0.420 e. The van der Waals surface area contributed by atoms with E-state index in [9.17, 15) is 14.7 Å². The molecule has 1 saturated carbocycles. The van der Waals surface area contributed by atoms with Crippen LogP contribution in [0.25, 0.3) is 11.1 Å². The minimum absolute atomic E-state index is 0.00948. The molecular weight excluding hydrogens is 592 g/mol. The van der Waals surface area contributed by atoms with Crippen LogP contribution in [0, 0.1) is 30.6 Å². The van der Waals surface area contributed by atoms with Crippen LogP contribution in [0.5, 0.6) is 11.5 Å². The predicted molar refractivity (Wildman–Crippen MR) is 167 cm³/mol. The molecule has 1 aromatic heterocycles. The molecule has 8 atom stereocenters. The number of hydrogen-bond acceptors (Lipinski definition) is 9. The number of phenols is 1. The Hall–Kier alpha value is -3.38. The average Bonchev–Trinajstić information content (AvgIpc) is 3.14. The molecule has 1 aliphatic carbocycles. The number of fused-ring (bicyclic) bond motifs is 3. The third kappa shape index (κ3) is 5.51. The van der Waals surface area contributed by atoms with E-state index in [2.05, 4.69) is 19.2 Å². The molecule has 2 aromatic carbocycles. The highest BCUT2D eigenvalue weighted by atomic mass is 17.3. The molecule has 1 spiro atoms. The number of aryl methyl sites for hydroxylation is 1. The number of nitrogens with zero attached hydrogens (tertiary/aromatic N) is 1. The quantitative estimate of drug-likeness (QED) is 0.241. The molecule has 4 aliphatic heterocycles. The van der Waals surface area contributed by atoms with Crippen LogP contribution >= 0.6 is 0 Å². The number of oxazole rings is 1. The average molecular weight is 637 g/mol. The van der Waals surface area contributed by atoms with Gasteiger partial charge in [-0.2, -0.15) is 0 Å². The number of hydrogen-bond donors (Lipinski definition) is 2. The minimum Gasteiger partial charge on any atom is -0.504 e. The first kappa shape index (κ1) is 31.2. The van der Waals surface area contributed by atoms with E-state index in [4.69, 9.17) is 28.4 Å². The molecular formula is C35H44N2O9. The van der Waals surface area contributed by atoms with Crippen molar-refractivity contribution in [3.05, 3.63) is 58.1 Å². The number of phenolic OH excluding ortho intramolecular Hbond substituents is 1. The number of benzene rings is 2. The number of carbonyl (C=O) groups excluding carboxylic acids is 1. The Labute approximate surface area is 268 Å². The summed E-state index contributed by atoms with van der Waals surface area (Å²) in [7, 11) is 0. The maximum Gasteiger partial charge on any atom is 0.420 e. The zero-order chi connectivity index (χ0) is 32.2. The molecule has 0 radical (unpaired) electrons. The lowest BCUT2D eigenvalue weighted by atomic mass is 9.57. The van der Waals surface area contributed by atoms with Gasteiger partial charge in [0.05, 0.1) is 18.2 Å². The molecule has 5 aliphatic rings. The van der Waals surface area contributed by atoms with E-state index >= 15 is 0 Å². The zero-order valence-electron chi connectivity index (χ0n) is 27.0. The summed E-state index contributed by atoms with van der Waals surface area (Å²) in [6, 6.07) is 10.4. The van der Waals surface area contributed by atoms with Gasteiger partial charge >= 0.3 is 5.76 Å². The van der Waals surface area contributed by atoms with Crippen molar-refractivity contribution in [1.82, 2.24) is 9.88 Å². The second-order valence-corrected chi connectivity index (χ2v) is 14.0. The van der Waals surface area contributed by atoms with Gasteiger partial charge in [0, 0.05) is 18.9 Å². The van der Waals surface area contributed by atoms with Crippen LogP contribution in [0.2, 0.25) is 0 Å². The highest BCUT2D eigenvalue weighted by molar-refractivity contribution is 5.77. The molecule has 248 valence electrons. The normalized spacial score (nSPS) is 33.4. The monoisotopic (exact) mass is 636 g/mol. The molecule has 11 nitrogen and oxygen atoms in total. The van der Waals surface area contributed by atoms with E-state index in [0.717, 1.165) is 44.1 Å². The third-order valence-electron chi connectivity index (χ3n) is 10.8. The summed E-state index contributed by atoms with van der Waals surface area (Å²) in [5, 5.41) is 13.5. The summed E-state index contributed by atoms with van der Waals surface area (Å²) in [4.78, 5) is 37.1. The van der Waals surface area contributed by atoms with Gasteiger partial charge in [-0.15, -0.1) is 0 Å². The molecule has 2 bridgehead atoms. The second-order valence-electron chi connectivity index (χ2n) is 14.0. The van der Waals surface area contributed by atoms with Crippen molar-refractivity contribution >= 4 is 17.0 Å². The molecule has 0 unspecified atom stereocenters. The van der Waals surface area contributed by atoms with E-state index in [0.29, 0.717) is 35.0 Å². The SMILES string of the molecule is Cc1ccc2oc(=O)n(Cc3ccc(OCC(=O)NCCC[C@@H]4O[C@@H]5O[C@@]6(C)CC[C@H]7[C@H](C)CC[C@@H]([C@H]4C)[C@@]57OO6)c(O)c3)c2c1. The van der Waals surface area contributed by atoms with Crippen LogP contribution in [0.15, 0.2) is 45.6 Å². The molecule has 46 heavy (non-hydrogen) atoms. The van der Waals surface area contributed by atoms with Crippen molar-refractivity contribution < 1.29 is 38.3 Å².